The molecule has 0 aromatic heterocycles. The van der Waals surface area contributed by atoms with Gasteiger partial charge in [0.25, 0.3) is 5.91 Å². The molecule has 3 rings (SSSR count). The van der Waals surface area contributed by atoms with Gasteiger partial charge in [-0.15, -0.1) is 0 Å². The molecule has 1 atom stereocenters. The fourth-order valence-electron chi connectivity index (χ4n) is 3.25. The maximum atomic E-state index is 12.6. The van der Waals surface area contributed by atoms with Gasteiger partial charge in [0.15, 0.2) is 6.10 Å². The van der Waals surface area contributed by atoms with Gasteiger partial charge in [0.05, 0.1) is 24.7 Å². The summed E-state index contributed by atoms with van der Waals surface area (Å²) in [7, 11) is -0.582. The lowest BCUT2D eigenvalue weighted by molar-refractivity contribution is -0.123. The van der Waals surface area contributed by atoms with Gasteiger partial charge < -0.3 is 19.5 Å². The normalized spacial score (nSPS) is 15.1. The number of nitrogens with zero attached hydrogens (tertiary/aromatic N) is 1. The SMILES string of the molecule is COc1cc(NC(=O)C(C)OC(=O)c2ccc(S(=O)(=O)N3CCCC3)cc2)cc(OC)c1. The highest BCUT2D eigenvalue weighted by atomic mass is 32.2. The molecule has 0 aliphatic carbocycles. The van der Waals surface area contributed by atoms with Crippen LogP contribution in [-0.2, 0) is 19.6 Å². The Kier molecular flexibility index (Phi) is 7.37. The molecule has 172 valence electrons. The number of rotatable bonds is 8. The average Bonchev–Trinajstić information content (AvgIpc) is 3.34. The highest BCUT2D eigenvalue weighted by Gasteiger charge is 2.27. The van der Waals surface area contributed by atoms with E-state index >= 15 is 0 Å². The molecule has 0 bridgehead atoms. The van der Waals surface area contributed by atoms with Gasteiger partial charge in [-0.2, -0.15) is 4.31 Å². The summed E-state index contributed by atoms with van der Waals surface area (Å²) in [6, 6.07) is 10.4. The number of esters is 1. The number of amides is 1. The molecule has 1 amide bonds. The van der Waals surface area contributed by atoms with Crippen molar-refractivity contribution in [1.29, 1.82) is 0 Å². The molecule has 10 heteroatoms. The molecule has 0 spiro atoms. The first-order chi connectivity index (χ1) is 15.2. The van der Waals surface area contributed by atoms with Crippen molar-refractivity contribution in [3.8, 4) is 11.5 Å². The summed E-state index contributed by atoms with van der Waals surface area (Å²) in [6.07, 6.45) is 0.589. The number of methoxy groups -OCH3 is 2. The highest BCUT2D eigenvalue weighted by molar-refractivity contribution is 7.89. The van der Waals surface area contributed by atoms with E-state index in [-0.39, 0.29) is 10.5 Å². The number of hydrogen-bond acceptors (Lipinski definition) is 7. The van der Waals surface area contributed by atoms with Crippen LogP contribution in [0.25, 0.3) is 0 Å². The second-order valence-corrected chi connectivity index (χ2v) is 9.21. The molecule has 9 nitrogen and oxygen atoms in total. The second-order valence-electron chi connectivity index (χ2n) is 7.27. The molecule has 1 heterocycles. The molecular formula is C22H26N2O7S. The quantitative estimate of drug-likeness (QED) is 0.601. The summed E-state index contributed by atoms with van der Waals surface area (Å²) < 4.78 is 42.2. The molecule has 2 aromatic carbocycles. The van der Waals surface area contributed by atoms with Crippen LogP contribution in [-0.4, -0.2) is 58.0 Å². The number of hydrogen-bond donors (Lipinski definition) is 1. The number of benzene rings is 2. The monoisotopic (exact) mass is 462 g/mol. The lowest BCUT2D eigenvalue weighted by Crippen LogP contribution is -2.30. The molecule has 1 aliphatic heterocycles. The molecule has 1 unspecified atom stereocenters. The van der Waals surface area contributed by atoms with Gasteiger partial charge in [0.1, 0.15) is 11.5 Å². The van der Waals surface area contributed by atoms with Crippen LogP contribution in [0.5, 0.6) is 11.5 Å². The maximum absolute atomic E-state index is 12.6. The third kappa shape index (κ3) is 5.38. The molecule has 1 fully saturated rings. The summed E-state index contributed by atoms with van der Waals surface area (Å²) in [5.41, 5.74) is 0.568. The molecule has 1 N–H and O–H groups in total. The zero-order chi connectivity index (χ0) is 23.3. The van der Waals surface area contributed by atoms with Crippen LogP contribution >= 0.6 is 0 Å². The number of anilines is 1. The number of carbonyl (C=O) groups is 2. The minimum atomic E-state index is -3.57. The lowest BCUT2D eigenvalue weighted by atomic mass is 10.2. The molecule has 32 heavy (non-hydrogen) atoms. The van der Waals surface area contributed by atoms with Gasteiger partial charge in [-0.3, -0.25) is 4.79 Å². The van der Waals surface area contributed by atoms with Crippen LogP contribution in [0.15, 0.2) is 47.4 Å². The van der Waals surface area contributed by atoms with E-state index in [1.807, 2.05) is 0 Å². The zero-order valence-corrected chi connectivity index (χ0v) is 19.0. The van der Waals surface area contributed by atoms with E-state index < -0.39 is 28.0 Å². The van der Waals surface area contributed by atoms with Crippen molar-refractivity contribution in [2.75, 3.05) is 32.6 Å². The van der Waals surface area contributed by atoms with Crippen molar-refractivity contribution in [2.45, 2.75) is 30.8 Å². The summed E-state index contributed by atoms with van der Waals surface area (Å²) in [5, 5.41) is 2.65. The third-order valence-corrected chi connectivity index (χ3v) is 6.98. The fraction of sp³-hybridized carbons (Fsp3) is 0.364. The predicted molar refractivity (Wildman–Crippen MR) is 117 cm³/mol. The Morgan fingerprint density at radius 1 is 0.969 bits per heavy atom. The van der Waals surface area contributed by atoms with Crippen molar-refractivity contribution in [3.63, 3.8) is 0 Å². The van der Waals surface area contributed by atoms with Gasteiger partial charge in [0, 0.05) is 37.0 Å². The Morgan fingerprint density at radius 2 is 1.53 bits per heavy atom. The Hall–Kier alpha value is -3.11. The third-order valence-electron chi connectivity index (χ3n) is 5.06. The Balaban J connectivity index is 1.63. The Bertz CT molecular complexity index is 1060. The number of ether oxygens (including phenoxy) is 3. The zero-order valence-electron chi connectivity index (χ0n) is 18.2. The lowest BCUT2D eigenvalue weighted by Gasteiger charge is -2.16. The van der Waals surface area contributed by atoms with Crippen LogP contribution in [0, 0.1) is 0 Å². The van der Waals surface area contributed by atoms with Crippen molar-refractivity contribution in [1.82, 2.24) is 4.31 Å². The largest absolute Gasteiger partial charge is 0.497 e. The van der Waals surface area contributed by atoms with Crippen LogP contribution < -0.4 is 14.8 Å². The first-order valence-electron chi connectivity index (χ1n) is 10.1. The predicted octanol–water partition coefficient (Wildman–Crippen LogP) is 2.67. The van der Waals surface area contributed by atoms with Crippen LogP contribution in [0.1, 0.15) is 30.1 Å². The summed E-state index contributed by atoms with van der Waals surface area (Å²) in [6.45, 7) is 2.44. The van der Waals surface area contributed by atoms with Crippen molar-refractivity contribution in [2.24, 2.45) is 0 Å². The van der Waals surface area contributed by atoms with E-state index in [1.54, 1.807) is 18.2 Å². The molecule has 1 aliphatic rings. The van der Waals surface area contributed by atoms with E-state index in [4.69, 9.17) is 14.2 Å². The first-order valence-corrected chi connectivity index (χ1v) is 11.5. The second kappa shape index (κ2) is 10.0. The first kappa shape index (κ1) is 23.6. The van der Waals surface area contributed by atoms with E-state index in [0.29, 0.717) is 30.3 Å². The van der Waals surface area contributed by atoms with Gasteiger partial charge in [-0.1, -0.05) is 0 Å². The smallest absolute Gasteiger partial charge is 0.338 e. The average molecular weight is 463 g/mol. The van der Waals surface area contributed by atoms with E-state index in [2.05, 4.69) is 5.32 Å². The minimum absolute atomic E-state index is 0.119. The van der Waals surface area contributed by atoms with Crippen molar-refractivity contribution >= 4 is 27.6 Å². The summed E-state index contributed by atoms with van der Waals surface area (Å²) in [4.78, 5) is 25.0. The molecule has 2 aromatic rings. The molecule has 0 radical (unpaired) electrons. The molecule has 0 saturated carbocycles. The topological polar surface area (TPSA) is 111 Å². The highest BCUT2D eigenvalue weighted by Crippen LogP contribution is 2.26. The van der Waals surface area contributed by atoms with Crippen LogP contribution in [0.3, 0.4) is 0 Å². The van der Waals surface area contributed by atoms with Gasteiger partial charge in [-0.05, 0) is 44.0 Å². The van der Waals surface area contributed by atoms with Gasteiger partial charge in [-0.25, -0.2) is 13.2 Å². The Labute approximate surface area is 187 Å². The van der Waals surface area contributed by atoms with Crippen molar-refractivity contribution < 1.29 is 32.2 Å². The van der Waals surface area contributed by atoms with Crippen LogP contribution in [0.2, 0.25) is 0 Å². The fourth-order valence-corrected chi connectivity index (χ4v) is 4.76. The van der Waals surface area contributed by atoms with Gasteiger partial charge >= 0.3 is 5.97 Å². The van der Waals surface area contributed by atoms with E-state index in [9.17, 15) is 18.0 Å². The van der Waals surface area contributed by atoms with Gasteiger partial charge in [0.2, 0.25) is 10.0 Å². The Morgan fingerprint density at radius 3 is 2.06 bits per heavy atom. The minimum Gasteiger partial charge on any atom is -0.497 e. The van der Waals surface area contributed by atoms with Crippen LogP contribution in [0.4, 0.5) is 5.69 Å². The number of carbonyl (C=O) groups excluding carboxylic acids is 2. The number of nitrogens with one attached hydrogen (secondary N) is 1. The number of sulfonamides is 1. The summed E-state index contributed by atoms with van der Waals surface area (Å²) >= 11 is 0. The van der Waals surface area contributed by atoms with Crippen molar-refractivity contribution in [3.05, 3.63) is 48.0 Å². The van der Waals surface area contributed by atoms with E-state index in [1.165, 1.54) is 49.7 Å². The standard InChI is InChI=1S/C22H26N2O7S/c1-15(21(25)23-17-12-18(29-2)14-19(13-17)30-3)31-22(26)16-6-8-20(9-7-16)32(27,28)24-10-4-5-11-24/h6-9,12-15H,4-5,10-11H2,1-3H3,(H,23,25). The molecular weight excluding hydrogens is 436 g/mol. The maximum Gasteiger partial charge on any atom is 0.338 e. The summed E-state index contributed by atoms with van der Waals surface area (Å²) in [5.74, 6) is -0.288. The van der Waals surface area contributed by atoms with E-state index in [0.717, 1.165) is 12.8 Å². The molecule has 1 saturated heterocycles.